The van der Waals surface area contributed by atoms with Crippen LogP contribution in [0.5, 0.6) is 0 Å². The van der Waals surface area contributed by atoms with Crippen molar-refractivity contribution in [2.75, 3.05) is 20.1 Å². The van der Waals surface area contributed by atoms with Crippen LogP contribution < -0.4 is 10.0 Å². The molecule has 8 heteroatoms. The molecule has 0 spiro atoms. The summed E-state index contributed by atoms with van der Waals surface area (Å²) in [4.78, 5) is 10.8. The minimum absolute atomic E-state index is 0.0353. The van der Waals surface area contributed by atoms with E-state index < -0.39 is 16.0 Å². The van der Waals surface area contributed by atoms with E-state index in [0.717, 1.165) is 6.07 Å². The molecule has 0 aliphatic carbocycles. The second-order valence-corrected chi connectivity index (χ2v) is 5.60. The van der Waals surface area contributed by atoms with Gasteiger partial charge in [-0.1, -0.05) is 0 Å². The van der Waals surface area contributed by atoms with Crippen LogP contribution in [0.25, 0.3) is 0 Å². The fourth-order valence-electron chi connectivity index (χ4n) is 1.45. The molecule has 0 saturated heterocycles. The number of aromatic nitrogens is 1. The number of nitrogens with zero attached hydrogens (tertiary/aromatic N) is 1. The van der Waals surface area contributed by atoms with Gasteiger partial charge in [0.05, 0.1) is 0 Å². The third-order valence-corrected chi connectivity index (χ3v) is 3.83. The van der Waals surface area contributed by atoms with Gasteiger partial charge in [-0.3, -0.25) is 0 Å². The topological polar surface area (TPSA) is 100 Å². The lowest BCUT2D eigenvalue weighted by Gasteiger charge is -2.04. The van der Waals surface area contributed by atoms with Gasteiger partial charge in [0.25, 0.3) is 0 Å². The van der Waals surface area contributed by atoms with E-state index in [1.807, 2.05) is 0 Å². The predicted octanol–water partition coefficient (Wildman–Crippen LogP) is -0.389. The van der Waals surface area contributed by atoms with Crippen LogP contribution in [0.15, 0.2) is 17.2 Å². The molecule has 1 heterocycles. The maximum atomic E-state index is 11.8. The quantitative estimate of drug-likeness (QED) is 0.588. The normalized spacial score (nSPS) is 11.7. The first-order valence-corrected chi connectivity index (χ1v) is 6.90. The zero-order valence-electron chi connectivity index (χ0n) is 10.3. The fourth-order valence-corrected chi connectivity index (χ4v) is 2.59. The monoisotopic (exact) mass is 275 g/mol. The molecule has 0 bridgehead atoms. The summed E-state index contributed by atoms with van der Waals surface area (Å²) < 4.78 is 27.4. The Morgan fingerprint density at radius 1 is 1.44 bits per heavy atom. The van der Waals surface area contributed by atoms with E-state index in [-0.39, 0.29) is 10.6 Å². The Morgan fingerprint density at radius 3 is 2.61 bits per heavy atom. The van der Waals surface area contributed by atoms with E-state index in [4.69, 9.17) is 5.11 Å². The molecule has 102 valence electrons. The summed E-state index contributed by atoms with van der Waals surface area (Å²) in [5.74, 6) is -1.16. The van der Waals surface area contributed by atoms with E-state index in [1.54, 1.807) is 7.05 Å². The van der Waals surface area contributed by atoms with Gasteiger partial charge in [0.1, 0.15) is 10.6 Å². The minimum Gasteiger partial charge on any atom is -0.477 e. The number of aryl methyl sites for hydroxylation is 1. The Bertz CT molecular complexity index is 521. The second kappa shape index (κ2) is 5.98. The van der Waals surface area contributed by atoms with Gasteiger partial charge in [0, 0.05) is 19.8 Å². The number of carboxylic acids is 1. The first-order chi connectivity index (χ1) is 8.38. The molecule has 18 heavy (non-hydrogen) atoms. The number of sulfonamides is 1. The molecule has 7 nitrogen and oxygen atoms in total. The molecule has 0 saturated carbocycles. The first-order valence-electron chi connectivity index (χ1n) is 5.42. The fraction of sp³-hybridized carbons (Fsp3) is 0.500. The van der Waals surface area contributed by atoms with Crippen LogP contribution in [0, 0.1) is 0 Å². The maximum Gasteiger partial charge on any atom is 0.352 e. The van der Waals surface area contributed by atoms with Crippen molar-refractivity contribution < 1.29 is 18.3 Å². The molecule has 0 radical (unpaired) electrons. The lowest BCUT2D eigenvalue weighted by Crippen LogP contribution is -2.26. The standard InChI is InChI=1S/C10H17N3O4S/c1-11-4-3-5-12-18(16,17)8-6-9(10(14)15)13(2)7-8/h6-7,11-12H,3-5H2,1-2H3,(H,14,15). The molecule has 0 aliphatic rings. The number of hydrogen-bond donors (Lipinski definition) is 3. The van der Waals surface area contributed by atoms with Gasteiger partial charge in [-0.25, -0.2) is 17.9 Å². The van der Waals surface area contributed by atoms with Gasteiger partial charge in [0.15, 0.2) is 0 Å². The molecular weight excluding hydrogens is 258 g/mol. The smallest absolute Gasteiger partial charge is 0.352 e. The summed E-state index contributed by atoms with van der Waals surface area (Å²) in [5.41, 5.74) is -0.0643. The molecule has 1 aromatic heterocycles. The molecule has 0 aromatic carbocycles. The number of hydrogen-bond acceptors (Lipinski definition) is 4. The van der Waals surface area contributed by atoms with Crippen LogP contribution in [-0.4, -0.2) is 44.2 Å². The summed E-state index contributed by atoms with van der Waals surface area (Å²) in [6, 6.07) is 1.14. The Kier molecular flexibility index (Phi) is 4.88. The van der Waals surface area contributed by atoms with E-state index in [1.165, 1.54) is 17.8 Å². The van der Waals surface area contributed by atoms with Crippen molar-refractivity contribution in [1.29, 1.82) is 0 Å². The zero-order chi connectivity index (χ0) is 13.8. The van der Waals surface area contributed by atoms with E-state index in [9.17, 15) is 13.2 Å². The number of aromatic carboxylic acids is 1. The number of nitrogens with one attached hydrogen (secondary N) is 2. The highest BCUT2D eigenvalue weighted by molar-refractivity contribution is 7.89. The summed E-state index contributed by atoms with van der Waals surface area (Å²) in [7, 11) is -0.366. The van der Waals surface area contributed by atoms with Gasteiger partial charge < -0.3 is 15.0 Å². The molecule has 0 fully saturated rings. The highest BCUT2D eigenvalue weighted by Gasteiger charge is 2.19. The number of rotatable bonds is 7. The van der Waals surface area contributed by atoms with Crippen molar-refractivity contribution in [2.45, 2.75) is 11.3 Å². The largest absolute Gasteiger partial charge is 0.477 e. The van der Waals surface area contributed by atoms with Gasteiger partial charge in [0.2, 0.25) is 10.0 Å². The van der Waals surface area contributed by atoms with Crippen LogP contribution >= 0.6 is 0 Å². The Labute approximate surface area is 106 Å². The van der Waals surface area contributed by atoms with Crippen LogP contribution in [-0.2, 0) is 17.1 Å². The van der Waals surface area contributed by atoms with Crippen molar-refractivity contribution in [3.8, 4) is 0 Å². The van der Waals surface area contributed by atoms with Crippen molar-refractivity contribution >= 4 is 16.0 Å². The highest BCUT2D eigenvalue weighted by atomic mass is 32.2. The average Bonchev–Trinajstić information content (AvgIpc) is 2.68. The lowest BCUT2D eigenvalue weighted by atomic mass is 10.4. The summed E-state index contributed by atoms with van der Waals surface area (Å²) in [5, 5.41) is 11.8. The Morgan fingerprint density at radius 2 is 2.11 bits per heavy atom. The van der Waals surface area contributed by atoms with E-state index in [2.05, 4.69) is 10.0 Å². The summed E-state index contributed by atoms with van der Waals surface area (Å²) in [6.07, 6.45) is 1.94. The van der Waals surface area contributed by atoms with Crippen LogP contribution in [0.2, 0.25) is 0 Å². The third-order valence-electron chi connectivity index (χ3n) is 2.40. The summed E-state index contributed by atoms with van der Waals surface area (Å²) in [6.45, 7) is 1.01. The molecule has 1 rings (SSSR count). The van der Waals surface area contributed by atoms with Crippen molar-refractivity contribution in [2.24, 2.45) is 7.05 Å². The zero-order valence-corrected chi connectivity index (χ0v) is 11.1. The number of carboxylic acid groups (broad SMARTS) is 1. The SMILES string of the molecule is CNCCCNS(=O)(=O)c1cc(C(=O)O)n(C)c1. The van der Waals surface area contributed by atoms with E-state index in [0.29, 0.717) is 19.5 Å². The van der Waals surface area contributed by atoms with Crippen molar-refractivity contribution in [3.05, 3.63) is 18.0 Å². The molecule has 3 N–H and O–H groups in total. The molecule has 0 unspecified atom stereocenters. The van der Waals surface area contributed by atoms with Crippen LogP contribution in [0.1, 0.15) is 16.9 Å². The molecule has 0 atom stereocenters. The molecular formula is C10H17N3O4S. The molecule has 1 aromatic rings. The third kappa shape index (κ3) is 3.56. The second-order valence-electron chi connectivity index (χ2n) is 3.83. The van der Waals surface area contributed by atoms with Crippen molar-refractivity contribution in [1.82, 2.24) is 14.6 Å². The van der Waals surface area contributed by atoms with Crippen LogP contribution in [0.3, 0.4) is 0 Å². The van der Waals surface area contributed by atoms with Gasteiger partial charge in [-0.05, 0) is 26.1 Å². The highest BCUT2D eigenvalue weighted by Crippen LogP contribution is 2.13. The predicted molar refractivity (Wildman–Crippen MR) is 66.1 cm³/mol. The van der Waals surface area contributed by atoms with Crippen molar-refractivity contribution in [3.63, 3.8) is 0 Å². The first kappa shape index (κ1) is 14.7. The number of carbonyl (C=O) groups is 1. The minimum atomic E-state index is -3.64. The molecule has 0 aliphatic heterocycles. The Balaban J connectivity index is 2.79. The lowest BCUT2D eigenvalue weighted by molar-refractivity contribution is 0.0686. The average molecular weight is 275 g/mol. The van der Waals surface area contributed by atoms with Gasteiger partial charge in [-0.15, -0.1) is 0 Å². The van der Waals surface area contributed by atoms with Crippen LogP contribution in [0.4, 0.5) is 0 Å². The van der Waals surface area contributed by atoms with Gasteiger partial charge >= 0.3 is 5.97 Å². The van der Waals surface area contributed by atoms with Gasteiger partial charge in [-0.2, -0.15) is 0 Å². The maximum absolute atomic E-state index is 11.8. The molecule has 0 amide bonds. The summed E-state index contributed by atoms with van der Waals surface area (Å²) >= 11 is 0. The Hall–Kier alpha value is -1.38. The van der Waals surface area contributed by atoms with E-state index >= 15 is 0 Å².